The molecule has 2 aromatic carbocycles. The van der Waals surface area contributed by atoms with Gasteiger partial charge in [0.1, 0.15) is 5.75 Å². The number of hydrogen-bond donors (Lipinski definition) is 1. The van der Waals surface area contributed by atoms with E-state index in [1.165, 1.54) is 29.6 Å². The van der Waals surface area contributed by atoms with Crippen LogP contribution in [0.15, 0.2) is 47.4 Å². The van der Waals surface area contributed by atoms with Gasteiger partial charge in [-0.3, -0.25) is 9.10 Å². The Hall–Kier alpha value is -2.54. The first-order valence-corrected chi connectivity index (χ1v) is 9.37. The molecule has 0 fully saturated rings. The van der Waals surface area contributed by atoms with Crippen LogP contribution in [0, 0.1) is 0 Å². The van der Waals surface area contributed by atoms with Gasteiger partial charge in [-0.15, -0.1) is 0 Å². The lowest BCUT2D eigenvalue weighted by Gasteiger charge is -2.31. The largest absolute Gasteiger partial charge is 0.497 e. The second-order valence-corrected chi connectivity index (χ2v) is 7.68. The van der Waals surface area contributed by atoms with Crippen molar-refractivity contribution in [2.75, 3.05) is 18.0 Å². The number of carbonyl (C=O) groups is 1. The number of hydrogen-bond acceptors (Lipinski definition) is 4. The molecule has 0 aromatic heterocycles. The second-order valence-electron chi connectivity index (χ2n) is 5.85. The monoisotopic (exact) mass is 361 g/mol. The van der Waals surface area contributed by atoms with E-state index in [4.69, 9.17) is 9.84 Å². The quantitative estimate of drug-likeness (QED) is 0.884. The van der Waals surface area contributed by atoms with Gasteiger partial charge in [-0.2, -0.15) is 0 Å². The predicted molar refractivity (Wildman–Crippen MR) is 93.6 cm³/mol. The number of methoxy groups -OCH3 is 1. The molecule has 132 valence electrons. The van der Waals surface area contributed by atoms with Gasteiger partial charge in [-0.05, 0) is 48.2 Å². The maximum Gasteiger partial charge on any atom is 0.307 e. The standard InChI is InChI=1S/C18H19NO5S/c1-24-15-8-9-17(14(11-15)12-18(20)21)25(22,23)19-10-4-6-13-5-2-3-7-16(13)19/h2-3,5,7-9,11H,4,6,10,12H2,1H3,(H,20,21). The summed E-state index contributed by atoms with van der Waals surface area (Å²) in [7, 11) is -2.41. The van der Waals surface area contributed by atoms with E-state index >= 15 is 0 Å². The summed E-state index contributed by atoms with van der Waals surface area (Å²) in [5.74, 6) is -0.669. The molecule has 3 rings (SSSR count). The molecule has 0 saturated heterocycles. The van der Waals surface area contributed by atoms with Gasteiger partial charge in [0, 0.05) is 6.54 Å². The normalized spacial score (nSPS) is 14.0. The van der Waals surface area contributed by atoms with Crippen LogP contribution in [0.1, 0.15) is 17.5 Å². The zero-order valence-corrected chi connectivity index (χ0v) is 14.6. The summed E-state index contributed by atoms with van der Waals surface area (Å²) >= 11 is 0. The van der Waals surface area contributed by atoms with E-state index in [-0.39, 0.29) is 16.9 Å². The number of para-hydroxylation sites is 1. The average molecular weight is 361 g/mol. The Bertz CT molecular complexity index is 907. The summed E-state index contributed by atoms with van der Waals surface area (Å²) in [4.78, 5) is 11.2. The zero-order chi connectivity index (χ0) is 18.0. The average Bonchev–Trinajstić information content (AvgIpc) is 2.60. The van der Waals surface area contributed by atoms with Gasteiger partial charge >= 0.3 is 5.97 Å². The van der Waals surface area contributed by atoms with Gasteiger partial charge < -0.3 is 9.84 Å². The highest BCUT2D eigenvalue weighted by molar-refractivity contribution is 7.92. The highest BCUT2D eigenvalue weighted by Crippen LogP contribution is 2.33. The molecule has 0 amide bonds. The fraction of sp³-hybridized carbons (Fsp3) is 0.278. The van der Waals surface area contributed by atoms with Gasteiger partial charge in [0.25, 0.3) is 10.0 Å². The fourth-order valence-corrected chi connectivity index (χ4v) is 4.85. The SMILES string of the molecule is COc1ccc(S(=O)(=O)N2CCCc3ccccc32)c(CC(=O)O)c1. The Morgan fingerprint density at radius 3 is 2.72 bits per heavy atom. The summed E-state index contributed by atoms with van der Waals surface area (Å²) in [5.41, 5.74) is 1.85. The van der Waals surface area contributed by atoms with E-state index in [2.05, 4.69) is 0 Å². The molecular formula is C18H19NO5S. The van der Waals surface area contributed by atoms with Gasteiger partial charge in [0.2, 0.25) is 0 Å². The first kappa shape index (κ1) is 17.3. The number of ether oxygens (including phenoxy) is 1. The summed E-state index contributed by atoms with van der Waals surface area (Å²) in [5, 5.41) is 9.14. The van der Waals surface area contributed by atoms with Crippen LogP contribution in [0.3, 0.4) is 0 Å². The minimum Gasteiger partial charge on any atom is -0.497 e. The van der Waals surface area contributed by atoms with Crippen LogP contribution in [0.2, 0.25) is 0 Å². The molecule has 1 heterocycles. The number of aliphatic carboxylic acids is 1. The number of anilines is 1. The minimum absolute atomic E-state index is 0.00685. The molecule has 0 unspecified atom stereocenters. The number of carboxylic acids is 1. The Balaban J connectivity index is 2.11. The first-order chi connectivity index (χ1) is 11.9. The molecule has 0 aliphatic carbocycles. The number of aryl methyl sites for hydroxylation is 1. The van der Waals surface area contributed by atoms with Crippen molar-refractivity contribution < 1.29 is 23.1 Å². The van der Waals surface area contributed by atoms with Crippen molar-refractivity contribution in [2.24, 2.45) is 0 Å². The minimum atomic E-state index is -3.86. The van der Waals surface area contributed by atoms with Crippen molar-refractivity contribution in [1.29, 1.82) is 0 Å². The number of sulfonamides is 1. The lowest BCUT2D eigenvalue weighted by molar-refractivity contribution is -0.136. The molecule has 0 atom stereocenters. The van der Waals surface area contributed by atoms with Gasteiger partial charge in [0.05, 0.1) is 24.1 Å². The van der Waals surface area contributed by atoms with Crippen molar-refractivity contribution in [3.05, 3.63) is 53.6 Å². The maximum atomic E-state index is 13.2. The lowest BCUT2D eigenvalue weighted by atomic mass is 10.0. The van der Waals surface area contributed by atoms with Crippen LogP contribution in [0.25, 0.3) is 0 Å². The smallest absolute Gasteiger partial charge is 0.307 e. The molecule has 7 heteroatoms. The van der Waals surface area contributed by atoms with Gasteiger partial charge in [-0.25, -0.2) is 8.42 Å². The van der Waals surface area contributed by atoms with E-state index in [0.717, 1.165) is 18.4 Å². The molecule has 0 bridgehead atoms. The highest BCUT2D eigenvalue weighted by atomic mass is 32.2. The maximum absolute atomic E-state index is 13.2. The lowest BCUT2D eigenvalue weighted by Crippen LogP contribution is -2.36. The molecule has 6 nitrogen and oxygen atoms in total. The fourth-order valence-electron chi connectivity index (χ4n) is 3.10. The van der Waals surface area contributed by atoms with E-state index in [0.29, 0.717) is 18.0 Å². The zero-order valence-electron chi connectivity index (χ0n) is 13.8. The topological polar surface area (TPSA) is 83.9 Å². The molecule has 1 aliphatic rings. The number of nitrogens with zero attached hydrogens (tertiary/aromatic N) is 1. The Morgan fingerprint density at radius 1 is 1.24 bits per heavy atom. The molecule has 0 radical (unpaired) electrons. The summed E-state index contributed by atoms with van der Waals surface area (Å²) < 4.78 is 33.0. The third-order valence-electron chi connectivity index (χ3n) is 4.25. The number of rotatable bonds is 5. The Morgan fingerprint density at radius 2 is 2.00 bits per heavy atom. The van der Waals surface area contributed by atoms with Crippen LogP contribution >= 0.6 is 0 Å². The van der Waals surface area contributed by atoms with E-state index in [1.54, 1.807) is 12.1 Å². The van der Waals surface area contributed by atoms with Crippen molar-refractivity contribution in [3.8, 4) is 5.75 Å². The summed E-state index contributed by atoms with van der Waals surface area (Å²) in [6.45, 7) is 0.373. The van der Waals surface area contributed by atoms with Crippen molar-refractivity contribution in [2.45, 2.75) is 24.2 Å². The molecule has 1 aliphatic heterocycles. The first-order valence-electron chi connectivity index (χ1n) is 7.93. The summed E-state index contributed by atoms with van der Waals surface area (Å²) in [6.07, 6.45) is 1.16. The molecule has 1 N–H and O–H groups in total. The summed E-state index contributed by atoms with van der Waals surface area (Å²) in [6, 6.07) is 11.8. The van der Waals surface area contributed by atoms with Crippen LogP contribution in [0.5, 0.6) is 5.75 Å². The van der Waals surface area contributed by atoms with E-state index in [1.807, 2.05) is 12.1 Å². The predicted octanol–water partition coefficient (Wildman–Crippen LogP) is 2.46. The van der Waals surface area contributed by atoms with Gasteiger partial charge in [0.15, 0.2) is 0 Å². The number of carboxylic acid groups (broad SMARTS) is 1. The Labute approximate surface area is 146 Å². The van der Waals surface area contributed by atoms with Crippen LogP contribution in [-0.4, -0.2) is 33.1 Å². The highest BCUT2D eigenvalue weighted by Gasteiger charge is 2.31. The number of benzene rings is 2. The molecule has 2 aromatic rings. The van der Waals surface area contributed by atoms with Crippen LogP contribution in [-0.2, 0) is 27.7 Å². The Kier molecular flexibility index (Phi) is 4.67. The number of fused-ring (bicyclic) bond motifs is 1. The third-order valence-corrected chi connectivity index (χ3v) is 6.16. The van der Waals surface area contributed by atoms with Crippen molar-refractivity contribution >= 4 is 21.7 Å². The van der Waals surface area contributed by atoms with Crippen molar-refractivity contribution in [3.63, 3.8) is 0 Å². The molecule has 25 heavy (non-hydrogen) atoms. The van der Waals surface area contributed by atoms with Crippen LogP contribution < -0.4 is 9.04 Å². The van der Waals surface area contributed by atoms with E-state index in [9.17, 15) is 13.2 Å². The van der Waals surface area contributed by atoms with E-state index < -0.39 is 16.0 Å². The molecule has 0 saturated carbocycles. The third kappa shape index (κ3) is 3.32. The second kappa shape index (κ2) is 6.76. The van der Waals surface area contributed by atoms with Gasteiger partial charge in [-0.1, -0.05) is 18.2 Å². The molecular weight excluding hydrogens is 342 g/mol. The van der Waals surface area contributed by atoms with Crippen LogP contribution in [0.4, 0.5) is 5.69 Å². The molecule has 0 spiro atoms. The van der Waals surface area contributed by atoms with Crippen molar-refractivity contribution in [1.82, 2.24) is 0 Å².